The zero-order valence-electron chi connectivity index (χ0n) is 10.6. The first-order valence-electron chi connectivity index (χ1n) is 5.87. The van der Waals surface area contributed by atoms with Crippen LogP contribution in [0.2, 0.25) is 0 Å². The molecule has 1 aromatic heterocycles. The molecule has 106 valence electrons. The minimum atomic E-state index is -0.741. The molecule has 0 bridgehead atoms. The summed E-state index contributed by atoms with van der Waals surface area (Å²) in [4.78, 5) is 24.1. The van der Waals surface area contributed by atoms with Crippen molar-refractivity contribution in [1.82, 2.24) is 9.13 Å². The lowest BCUT2D eigenvalue weighted by molar-refractivity contribution is 0.566. The van der Waals surface area contributed by atoms with Gasteiger partial charge in [-0.3, -0.25) is 13.9 Å². The maximum absolute atomic E-state index is 13.1. The zero-order valence-corrected chi connectivity index (χ0v) is 12.7. The number of rotatable bonds is 3. The average Bonchev–Trinajstić information content (AvgIpc) is 2.38. The van der Waals surface area contributed by atoms with Gasteiger partial charge in [0.15, 0.2) is 0 Å². The first-order valence-corrected chi connectivity index (χ1v) is 6.95. The summed E-state index contributed by atoms with van der Waals surface area (Å²) < 4.78 is 29.0. The van der Waals surface area contributed by atoms with Crippen LogP contribution in [0, 0.1) is 15.2 Å². The number of hydrogen-bond donors (Lipinski definition) is 0. The van der Waals surface area contributed by atoms with E-state index < -0.39 is 22.9 Å². The number of nitrogens with zero attached hydrogens (tertiary/aromatic N) is 2. The summed E-state index contributed by atoms with van der Waals surface area (Å²) >= 11 is 1.83. The lowest BCUT2D eigenvalue weighted by Crippen LogP contribution is -2.40. The quantitative estimate of drug-likeness (QED) is 0.750. The minimum absolute atomic E-state index is 0.164. The fraction of sp³-hybridized carbons (Fsp3) is 0.231. The van der Waals surface area contributed by atoms with Crippen molar-refractivity contribution in [3.05, 3.63) is 66.0 Å². The van der Waals surface area contributed by atoms with E-state index in [9.17, 15) is 18.4 Å². The Kier molecular flexibility index (Phi) is 4.36. The highest BCUT2D eigenvalue weighted by Crippen LogP contribution is 2.08. The topological polar surface area (TPSA) is 44.0 Å². The van der Waals surface area contributed by atoms with Crippen molar-refractivity contribution in [2.75, 3.05) is 0 Å². The molecule has 7 heteroatoms. The van der Waals surface area contributed by atoms with Crippen LogP contribution in [0.25, 0.3) is 0 Å². The molecule has 0 spiro atoms. The van der Waals surface area contributed by atoms with Crippen LogP contribution in [0.5, 0.6) is 0 Å². The van der Waals surface area contributed by atoms with E-state index in [0.717, 1.165) is 22.8 Å². The molecule has 0 amide bonds. The molecule has 1 heterocycles. The van der Waals surface area contributed by atoms with Crippen LogP contribution in [0.4, 0.5) is 8.78 Å². The predicted octanol–water partition coefficient (Wildman–Crippen LogP) is 1.96. The molecule has 0 unspecified atom stereocenters. The van der Waals surface area contributed by atoms with Crippen molar-refractivity contribution in [3.8, 4) is 0 Å². The maximum Gasteiger partial charge on any atom is 0.331 e. The molecule has 0 aliphatic carbocycles. The van der Waals surface area contributed by atoms with Crippen molar-refractivity contribution in [2.45, 2.75) is 20.0 Å². The average molecular weight is 392 g/mol. The predicted molar refractivity (Wildman–Crippen MR) is 78.8 cm³/mol. The molecule has 0 fully saturated rings. The maximum atomic E-state index is 13.1. The fourth-order valence-electron chi connectivity index (χ4n) is 1.87. The first kappa shape index (κ1) is 14.9. The van der Waals surface area contributed by atoms with Gasteiger partial charge in [-0.05, 0) is 47.2 Å². The van der Waals surface area contributed by atoms with Gasteiger partial charge in [-0.2, -0.15) is 0 Å². The lowest BCUT2D eigenvalue weighted by atomic mass is 10.2. The Hall–Kier alpha value is -1.51. The number of aryl methyl sites for hydroxylation is 1. The van der Waals surface area contributed by atoms with Gasteiger partial charge in [-0.15, -0.1) is 0 Å². The van der Waals surface area contributed by atoms with E-state index in [2.05, 4.69) is 0 Å². The SMILES string of the molecule is CCn1cc(I)c(=O)n(Cc2cc(F)cc(F)c2)c1=O. The summed E-state index contributed by atoms with van der Waals surface area (Å²) in [5, 5.41) is 0. The molecule has 0 aliphatic rings. The van der Waals surface area contributed by atoms with Crippen LogP contribution >= 0.6 is 22.6 Å². The molecule has 2 rings (SSSR count). The largest absolute Gasteiger partial charge is 0.331 e. The standard InChI is InChI=1S/C13H11F2IN2O2/c1-2-17-7-11(16)12(19)18(13(17)20)6-8-3-9(14)5-10(15)4-8/h3-5,7H,2,6H2,1H3. The molecule has 0 radical (unpaired) electrons. The minimum Gasteiger partial charge on any atom is -0.300 e. The second kappa shape index (κ2) is 5.86. The summed E-state index contributed by atoms with van der Waals surface area (Å²) in [6, 6.07) is 2.95. The van der Waals surface area contributed by atoms with E-state index in [1.54, 1.807) is 6.92 Å². The third kappa shape index (κ3) is 2.97. The highest BCUT2D eigenvalue weighted by molar-refractivity contribution is 14.1. The van der Waals surface area contributed by atoms with Crippen molar-refractivity contribution < 1.29 is 8.78 Å². The van der Waals surface area contributed by atoms with E-state index in [-0.39, 0.29) is 12.1 Å². The van der Waals surface area contributed by atoms with Gasteiger partial charge in [-0.1, -0.05) is 0 Å². The number of hydrogen-bond acceptors (Lipinski definition) is 2. The van der Waals surface area contributed by atoms with Gasteiger partial charge in [-0.25, -0.2) is 13.6 Å². The molecule has 4 nitrogen and oxygen atoms in total. The highest BCUT2D eigenvalue weighted by atomic mass is 127. The molecule has 0 aliphatic heterocycles. The van der Waals surface area contributed by atoms with Crippen molar-refractivity contribution in [2.24, 2.45) is 0 Å². The Labute approximate surface area is 126 Å². The van der Waals surface area contributed by atoms with Crippen LogP contribution in [0.1, 0.15) is 12.5 Å². The third-order valence-corrected chi connectivity index (χ3v) is 3.54. The van der Waals surface area contributed by atoms with Crippen LogP contribution in [0.15, 0.2) is 34.0 Å². The second-order valence-corrected chi connectivity index (χ2v) is 5.38. The van der Waals surface area contributed by atoms with Gasteiger partial charge in [0.1, 0.15) is 11.6 Å². The van der Waals surface area contributed by atoms with Gasteiger partial charge >= 0.3 is 5.69 Å². The molecule has 0 atom stereocenters. The molecule has 0 N–H and O–H groups in total. The van der Waals surface area contributed by atoms with E-state index in [1.165, 1.54) is 10.8 Å². The normalized spacial score (nSPS) is 10.8. The Morgan fingerprint density at radius 3 is 2.30 bits per heavy atom. The van der Waals surface area contributed by atoms with E-state index >= 15 is 0 Å². The number of halogens is 3. The van der Waals surface area contributed by atoms with E-state index in [0.29, 0.717) is 10.1 Å². The first-order chi connectivity index (χ1) is 9.42. The Morgan fingerprint density at radius 1 is 1.15 bits per heavy atom. The smallest absolute Gasteiger partial charge is 0.300 e. The lowest BCUT2D eigenvalue weighted by Gasteiger charge is -2.10. The van der Waals surface area contributed by atoms with Crippen molar-refractivity contribution in [1.29, 1.82) is 0 Å². The molecule has 0 saturated carbocycles. The highest BCUT2D eigenvalue weighted by Gasteiger charge is 2.10. The Bertz CT molecular complexity index is 748. The molecule has 2 aromatic rings. The van der Waals surface area contributed by atoms with Crippen LogP contribution < -0.4 is 11.2 Å². The van der Waals surface area contributed by atoms with Gasteiger partial charge in [0.25, 0.3) is 5.56 Å². The third-order valence-electron chi connectivity index (χ3n) is 2.80. The number of aromatic nitrogens is 2. The monoisotopic (exact) mass is 392 g/mol. The van der Waals surface area contributed by atoms with Crippen molar-refractivity contribution >= 4 is 22.6 Å². The summed E-state index contributed by atoms with van der Waals surface area (Å²) in [5.41, 5.74) is -0.737. The van der Waals surface area contributed by atoms with E-state index in [4.69, 9.17) is 0 Å². The van der Waals surface area contributed by atoms with Gasteiger partial charge in [0, 0.05) is 18.8 Å². The van der Waals surface area contributed by atoms with Crippen LogP contribution in [0.3, 0.4) is 0 Å². The summed E-state index contributed by atoms with van der Waals surface area (Å²) in [6.07, 6.45) is 1.47. The second-order valence-electron chi connectivity index (χ2n) is 4.21. The summed E-state index contributed by atoms with van der Waals surface area (Å²) in [6.45, 7) is 2.02. The van der Waals surface area contributed by atoms with Crippen molar-refractivity contribution in [3.63, 3.8) is 0 Å². The molecular formula is C13H11F2IN2O2. The Morgan fingerprint density at radius 2 is 1.75 bits per heavy atom. The van der Waals surface area contributed by atoms with Crippen LogP contribution in [-0.2, 0) is 13.1 Å². The molecule has 20 heavy (non-hydrogen) atoms. The van der Waals surface area contributed by atoms with Gasteiger partial charge in [0.2, 0.25) is 0 Å². The molecule has 1 aromatic carbocycles. The Balaban J connectivity index is 2.56. The van der Waals surface area contributed by atoms with Gasteiger partial charge < -0.3 is 0 Å². The number of benzene rings is 1. The van der Waals surface area contributed by atoms with Gasteiger partial charge in [0.05, 0.1) is 10.1 Å². The molecule has 0 saturated heterocycles. The summed E-state index contributed by atoms with van der Waals surface area (Å²) in [7, 11) is 0. The van der Waals surface area contributed by atoms with Crippen LogP contribution in [-0.4, -0.2) is 9.13 Å². The zero-order chi connectivity index (χ0) is 14.9. The fourth-order valence-corrected chi connectivity index (χ4v) is 2.50. The summed E-state index contributed by atoms with van der Waals surface area (Å²) in [5.74, 6) is -1.48. The van der Waals surface area contributed by atoms with E-state index in [1.807, 2.05) is 22.6 Å². The molecular weight excluding hydrogens is 381 g/mol.